The van der Waals surface area contributed by atoms with Crippen LogP contribution < -0.4 is 0 Å². The van der Waals surface area contributed by atoms with Gasteiger partial charge in [-0.05, 0) is 31.2 Å². The zero-order valence-electron chi connectivity index (χ0n) is 13.6. The van der Waals surface area contributed by atoms with Crippen LogP contribution in [0.3, 0.4) is 0 Å². The van der Waals surface area contributed by atoms with Crippen molar-refractivity contribution in [2.24, 2.45) is 5.92 Å². The SMILES string of the molecule is COC(=O)N1CCC[C@H](C(=O)N(Cc2ccccc2)C2CC2)C1. The maximum absolute atomic E-state index is 13.0. The van der Waals surface area contributed by atoms with Crippen LogP contribution in [0.2, 0.25) is 0 Å². The van der Waals surface area contributed by atoms with Gasteiger partial charge in [0.25, 0.3) is 0 Å². The van der Waals surface area contributed by atoms with Crippen LogP contribution in [0.15, 0.2) is 30.3 Å². The summed E-state index contributed by atoms with van der Waals surface area (Å²) < 4.78 is 4.80. The van der Waals surface area contributed by atoms with Crippen LogP contribution in [-0.2, 0) is 16.1 Å². The second-order valence-corrected chi connectivity index (χ2v) is 6.44. The second-order valence-electron chi connectivity index (χ2n) is 6.44. The van der Waals surface area contributed by atoms with Gasteiger partial charge in [-0.1, -0.05) is 30.3 Å². The van der Waals surface area contributed by atoms with Gasteiger partial charge in [-0.25, -0.2) is 4.79 Å². The predicted molar refractivity (Wildman–Crippen MR) is 86.7 cm³/mol. The fourth-order valence-corrected chi connectivity index (χ4v) is 3.26. The summed E-state index contributed by atoms with van der Waals surface area (Å²) in [4.78, 5) is 28.4. The third-order valence-electron chi connectivity index (χ3n) is 4.67. The van der Waals surface area contributed by atoms with E-state index in [1.54, 1.807) is 4.90 Å². The summed E-state index contributed by atoms with van der Waals surface area (Å²) in [6, 6.07) is 10.5. The molecule has 1 saturated heterocycles. The number of amides is 2. The van der Waals surface area contributed by atoms with E-state index in [-0.39, 0.29) is 17.9 Å². The summed E-state index contributed by atoms with van der Waals surface area (Å²) in [5.41, 5.74) is 1.16. The zero-order chi connectivity index (χ0) is 16.2. The van der Waals surface area contributed by atoms with Gasteiger partial charge in [-0.15, -0.1) is 0 Å². The highest BCUT2D eigenvalue weighted by Crippen LogP contribution is 2.31. The van der Waals surface area contributed by atoms with Crippen molar-refractivity contribution in [3.63, 3.8) is 0 Å². The molecule has 2 fully saturated rings. The van der Waals surface area contributed by atoms with Crippen LogP contribution in [0.1, 0.15) is 31.2 Å². The molecule has 2 amide bonds. The molecule has 0 N–H and O–H groups in total. The highest BCUT2D eigenvalue weighted by atomic mass is 16.5. The van der Waals surface area contributed by atoms with Gasteiger partial charge in [0.1, 0.15) is 0 Å². The quantitative estimate of drug-likeness (QED) is 0.858. The molecule has 1 atom stereocenters. The summed E-state index contributed by atoms with van der Waals surface area (Å²) >= 11 is 0. The highest BCUT2D eigenvalue weighted by Gasteiger charge is 2.38. The van der Waals surface area contributed by atoms with Gasteiger partial charge in [-0.3, -0.25) is 4.79 Å². The maximum atomic E-state index is 13.0. The Labute approximate surface area is 137 Å². The molecule has 1 aliphatic carbocycles. The van der Waals surface area contributed by atoms with Crippen LogP contribution in [0.4, 0.5) is 4.79 Å². The number of hydrogen-bond acceptors (Lipinski definition) is 3. The third kappa shape index (κ3) is 3.84. The summed E-state index contributed by atoms with van der Waals surface area (Å²) in [6.07, 6.45) is 3.56. The van der Waals surface area contributed by atoms with Crippen molar-refractivity contribution in [2.75, 3.05) is 20.2 Å². The molecule has 2 aliphatic rings. The van der Waals surface area contributed by atoms with Crippen LogP contribution in [0.25, 0.3) is 0 Å². The van der Waals surface area contributed by atoms with Crippen molar-refractivity contribution < 1.29 is 14.3 Å². The monoisotopic (exact) mass is 316 g/mol. The molecule has 0 unspecified atom stereocenters. The first-order valence-corrected chi connectivity index (χ1v) is 8.36. The fraction of sp³-hybridized carbons (Fsp3) is 0.556. The van der Waals surface area contributed by atoms with Crippen molar-refractivity contribution in [3.05, 3.63) is 35.9 Å². The number of nitrogens with zero attached hydrogens (tertiary/aromatic N) is 2. The molecule has 1 heterocycles. The minimum Gasteiger partial charge on any atom is -0.453 e. The molecule has 124 valence electrons. The van der Waals surface area contributed by atoms with E-state index in [1.807, 2.05) is 23.1 Å². The molecule has 0 bridgehead atoms. The lowest BCUT2D eigenvalue weighted by Crippen LogP contribution is -2.47. The average molecular weight is 316 g/mol. The number of piperidine rings is 1. The van der Waals surface area contributed by atoms with E-state index in [4.69, 9.17) is 4.74 Å². The van der Waals surface area contributed by atoms with E-state index in [1.165, 1.54) is 7.11 Å². The number of carbonyl (C=O) groups excluding carboxylic acids is 2. The molecular formula is C18H24N2O3. The van der Waals surface area contributed by atoms with Gasteiger partial charge in [0.2, 0.25) is 5.91 Å². The van der Waals surface area contributed by atoms with E-state index in [0.29, 0.717) is 25.7 Å². The van der Waals surface area contributed by atoms with E-state index >= 15 is 0 Å². The minimum atomic E-state index is -0.330. The van der Waals surface area contributed by atoms with Gasteiger partial charge in [0.05, 0.1) is 13.0 Å². The average Bonchev–Trinajstić information content (AvgIpc) is 3.44. The largest absolute Gasteiger partial charge is 0.453 e. The van der Waals surface area contributed by atoms with Gasteiger partial charge in [0, 0.05) is 25.7 Å². The van der Waals surface area contributed by atoms with Crippen molar-refractivity contribution in [3.8, 4) is 0 Å². The number of likely N-dealkylation sites (tertiary alicyclic amines) is 1. The summed E-state index contributed by atoms with van der Waals surface area (Å²) in [7, 11) is 1.39. The molecule has 0 radical (unpaired) electrons. The summed E-state index contributed by atoms with van der Waals surface area (Å²) in [5, 5.41) is 0. The lowest BCUT2D eigenvalue weighted by molar-refractivity contribution is -0.138. The van der Waals surface area contributed by atoms with Crippen molar-refractivity contribution in [1.29, 1.82) is 0 Å². The Kier molecular flexibility index (Phi) is 4.84. The second kappa shape index (κ2) is 7.02. The standard InChI is InChI=1S/C18H24N2O3/c1-23-18(22)19-11-5-8-15(13-19)17(21)20(16-9-10-16)12-14-6-3-2-4-7-14/h2-4,6-7,15-16H,5,8-13H2,1H3/t15-/m0/s1. The Morgan fingerprint density at radius 2 is 1.96 bits per heavy atom. The number of ether oxygens (including phenoxy) is 1. The van der Waals surface area contributed by atoms with Crippen LogP contribution in [0, 0.1) is 5.92 Å². The van der Waals surface area contributed by atoms with Crippen molar-refractivity contribution in [2.45, 2.75) is 38.3 Å². The number of methoxy groups -OCH3 is 1. The number of hydrogen-bond donors (Lipinski definition) is 0. The molecular weight excluding hydrogens is 292 g/mol. The van der Waals surface area contributed by atoms with Crippen LogP contribution >= 0.6 is 0 Å². The van der Waals surface area contributed by atoms with Gasteiger partial charge < -0.3 is 14.5 Å². The number of carbonyl (C=O) groups is 2. The normalized spacial score (nSPS) is 20.9. The number of rotatable bonds is 4. The van der Waals surface area contributed by atoms with Crippen molar-refractivity contribution >= 4 is 12.0 Å². The first-order valence-electron chi connectivity index (χ1n) is 8.36. The maximum Gasteiger partial charge on any atom is 0.409 e. The lowest BCUT2D eigenvalue weighted by atomic mass is 9.96. The van der Waals surface area contributed by atoms with Crippen LogP contribution in [-0.4, -0.2) is 48.0 Å². The van der Waals surface area contributed by atoms with E-state index in [0.717, 1.165) is 31.2 Å². The fourth-order valence-electron chi connectivity index (χ4n) is 3.26. The lowest BCUT2D eigenvalue weighted by Gasteiger charge is -2.34. The molecule has 1 aromatic carbocycles. The summed E-state index contributed by atoms with van der Waals surface area (Å²) in [6.45, 7) is 1.82. The molecule has 1 aromatic rings. The molecule has 23 heavy (non-hydrogen) atoms. The Hall–Kier alpha value is -2.04. The summed E-state index contributed by atoms with van der Waals surface area (Å²) in [5.74, 6) is 0.0807. The smallest absolute Gasteiger partial charge is 0.409 e. The molecule has 5 nitrogen and oxygen atoms in total. The van der Waals surface area contributed by atoms with E-state index in [9.17, 15) is 9.59 Å². The molecule has 3 rings (SSSR count). The Balaban J connectivity index is 1.67. The molecule has 5 heteroatoms. The highest BCUT2D eigenvalue weighted by molar-refractivity contribution is 5.80. The first kappa shape index (κ1) is 15.8. The molecule has 1 saturated carbocycles. The van der Waals surface area contributed by atoms with Gasteiger partial charge >= 0.3 is 6.09 Å². The molecule has 0 aromatic heterocycles. The van der Waals surface area contributed by atoms with Crippen molar-refractivity contribution in [1.82, 2.24) is 9.80 Å². The topological polar surface area (TPSA) is 49.9 Å². The Morgan fingerprint density at radius 3 is 2.61 bits per heavy atom. The molecule has 0 spiro atoms. The van der Waals surface area contributed by atoms with Gasteiger partial charge in [0.15, 0.2) is 0 Å². The third-order valence-corrected chi connectivity index (χ3v) is 4.67. The van der Waals surface area contributed by atoms with E-state index in [2.05, 4.69) is 12.1 Å². The first-order chi connectivity index (χ1) is 11.2. The zero-order valence-corrected chi connectivity index (χ0v) is 13.6. The van der Waals surface area contributed by atoms with E-state index < -0.39 is 0 Å². The molecule has 1 aliphatic heterocycles. The minimum absolute atomic E-state index is 0.104. The Morgan fingerprint density at radius 1 is 1.22 bits per heavy atom. The Bertz CT molecular complexity index is 557. The number of benzene rings is 1. The van der Waals surface area contributed by atoms with Gasteiger partial charge in [-0.2, -0.15) is 0 Å². The van der Waals surface area contributed by atoms with Crippen LogP contribution in [0.5, 0.6) is 0 Å². The predicted octanol–water partition coefficient (Wildman–Crippen LogP) is 2.66.